The molecular formula is C23H24N2O7. The van der Waals surface area contributed by atoms with Crippen LogP contribution in [0.1, 0.15) is 24.2 Å². The van der Waals surface area contributed by atoms with E-state index in [1.165, 1.54) is 6.08 Å². The third-order valence-electron chi connectivity index (χ3n) is 4.15. The Morgan fingerprint density at radius 1 is 1.19 bits per heavy atom. The van der Waals surface area contributed by atoms with Crippen LogP contribution in [0.2, 0.25) is 0 Å². The van der Waals surface area contributed by atoms with Crippen LogP contribution in [0.4, 0.5) is 10.5 Å². The van der Waals surface area contributed by atoms with E-state index in [0.717, 1.165) is 6.08 Å². The minimum atomic E-state index is -1.18. The van der Waals surface area contributed by atoms with E-state index in [4.69, 9.17) is 29.7 Å². The molecule has 2 atom stereocenters. The Morgan fingerprint density at radius 3 is 2.53 bits per heavy atom. The van der Waals surface area contributed by atoms with Crippen molar-refractivity contribution < 1.29 is 34.0 Å². The molecule has 0 radical (unpaired) electrons. The number of carbonyl (C=O) groups excluding carboxylic acids is 1. The summed E-state index contributed by atoms with van der Waals surface area (Å²) in [7, 11) is 0. The van der Waals surface area contributed by atoms with Crippen molar-refractivity contribution in [1.29, 1.82) is 5.26 Å². The summed E-state index contributed by atoms with van der Waals surface area (Å²) in [5.74, 6) is -0.827. The third-order valence-corrected chi connectivity index (χ3v) is 4.15. The van der Waals surface area contributed by atoms with Crippen LogP contribution in [-0.4, -0.2) is 48.2 Å². The van der Waals surface area contributed by atoms with Gasteiger partial charge in [0, 0.05) is 23.9 Å². The number of nitrogens with zero attached hydrogens (tertiary/aromatic N) is 1. The first-order valence-corrected chi connectivity index (χ1v) is 9.81. The summed E-state index contributed by atoms with van der Waals surface area (Å²) in [6.45, 7) is 1.76. The fourth-order valence-electron chi connectivity index (χ4n) is 2.81. The van der Waals surface area contributed by atoms with Crippen LogP contribution in [0.25, 0.3) is 0 Å². The molecule has 32 heavy (non-hydrogen) atoms. The predicted octanol–water partition coefficient (Wildman–Crippen LogP) is 3.27. The van der Waals surface area contributed by atoms with Crippen molar-refractivity contribution in [2.24, 2.45) is 0 Å². The lowest BCUT2D eigenvalue weighted by Crippen LogP contribution is -2.28. The smallest absolute Gasteiger partial charge is 0.412 e. The quantitative estimate of drug-likeness (QED) is 0.453. The summed E-state index contributed by atoms with van der Waals surface area (Å²) < 4.78 is 16.8. The lowest BCUT2D eigenvalue weighted by molar-refractivity contribution is -0.131. The number of hydrogen-bond donors (Lipinski definition) is 3. The van der Waals surface area contributed by atoms with E-state index in [1.807, 2.05) is 6.07 Å². The van der Waals surface area contributed by atoms with Crippen LogP contribution in [-0.2, 0) is 14.3 Å². The number of aliphatic hydroxyl groups excluding tert-OH is 1. The number of aliphatic carboxylic acids is 1. The first kappa shape index (κ1) is 24.4. The van der Waals surface area contributed by atoms with Gasteiger partial charge in [-0.25, -0.2) is 9.59 Å². The largest absolute Gasteiger partial charge is 0.491 e. The highest BCUT2D eigenvalue weighted by Gasteiger charge is 2.29. The van der Waals surface area contributed by atoms with Crippen LogP contribution in [0.5, 0.6) is 5.75 Å². The Hall–Kier alpha value is -3.87. The Kier molecular flexibility index (Phi) is 9.71. The van der Waals surface area contributed by atoms with Gasteiger partial charge in [-0.2, -0.15) is 5.26 Å². The van der Waals surface area contributed by atoms with Crippen molar-refractivity contribution in [3.05, 3.63) is 71.8 Å². The number of aliphatic hydroxyl groups is 1. The van der Waals surface area contributed by atoms with Gasteiger partial charge in [0.05, 0.1) is 18.2 Å². The van der Waals surface area contributed by atoms with Crippen molar-refractivity contribution in [2.45, 2.75) is 19.1 Å². The van der Waals surface area contributed by atoms with E-state index in [2.05, 4.69) is 5.32 Å². The van der Waals surface area contributed by atoms with E-state index in [9.17, 15) is 9.59 Å². The summed E-state index contributed by atoms with van der Waals surface area (Å²) in [5.41, 5.74) is 1.28. The number of amides is 1. The fourth-order valence-corrected chi connectivity index (χ4v) is 2.81. The standard InChI is InChI=1S/C23H24N2O7/c1-2-30-20(11-12-21(27)28)22(18-5-3-4-6-19(18)31-14-13-26)32-23(29)25-17-9-7-16(15-24)8-10-17/h3-12,20,22,26H,2,13-14H2,1H3,(H,25,29)(H,27,28)/b12-11+/t20-,22-/m0/s1. The predicted molar refractivity (Wildman–Crippen MR) is 115 cm³/mol. The number of rotatable bonds is 11. The fraction of sp³-hybridized carbons (Fsp3) is 0.261. The Labute approximate surface area is 185 Å². The van der Waals surface area contributed by atoms with Crippen LogP contribution in [0.3, 0.4) is 0 Å². The van der Waals surface area contributed by atoms with Gasteiger partial charge in [0.15, 0.2) is 6.10 Å². The summed E-state index contributed by atoms with van der Waals surface area (Å²) in [6.07, 6.45) is -0.605. The van der Waals surface area contributed by atoms with Gasteiger partial charge >= 0.3 is 12.1 Å². The number of nitriles is 1. The summed E-state index contributed by atoms with van der Waals surface area (Å²) in [4.78, 5) is 23.7. The minimum absolute atomic E-state index is 0.0193. The first-order chi connectivity index (χ1) is 15.5. The van der Waals surface area contributed by atoms with E-state index in [1.54, 1.807) is 55.5 Å². The highest BCUT2D eigenvalue weighted by atomic mass is 16.6. The molecule has 0 saturated heterocycles. The second kappa shape index (κ2) is 12.7. The van der Waals surface area contributed by atoms with Gasteiger partial charge in [-0.05, 0) is 43.3 Å². The van der Waals surface area contributed by atoms with Crippen LogP contribution in [0, 0.1) is 11.3 Å². The second-order valence-electron chi connectivity index (χ2n) is 6.37. The lowest BCUT2D eigenvalue weighted by atomic mass is 10.0. The van der Waals surface area contributed by atoms with Crippen molar-refractivity contribution in [1.82, 2.24) is 0 Å². The molecule has 0 bridgehead atoms. The van der Waals surface area contributed by atoms with Crippen LogP contribution in [0.15, 0.2) is 60.7 Å². The van der Waals surface area contributed by atoms with Gasteiger partial charge in [0.2, 0.25) is 0 Å². The maximum absolute atomic E-state index is 12.6. The molecule has 1 amide bonds. The average molecular weight is 440 g/mol. The first-order valence-electron chi connectivity index (χ1n) is 9.81. The topological polar surface area (TPSA) is 138 Å². The van der Waals surface area contributed by atoms with E-state index in [0.29, 0.717) is 22.6 Å². The molecule has 0 spiro atoms. The molecule has 3 N–H and O–H groups in total. The number of ether oxygens (including phenoxy) is 3. The molecule has 0 heterocycles. The molecule has 0 saturated carbocycles. The molecule has 2 aromatic carbocycles. The van der Waals surface area contributed by atoms with Crippen molar-refractivity contribution in [3.63, 3.8) is 0 Å². The highest BCUT2D eigenvalue weighted by molar-refractivity contribution is 5.85. The number of hydrogen-bond acceptors (Lipinski definition) is 7. The van der Waals surface area contributed by atoms with Gasteiger partial charge in [-0.3, -0.25) is 5.32 Å². The number of carboxylic acids is 1. The lowest BCUT2D eigenvalue weighted by Gasteiger charge is -2.26. The molecular weight excluding hydrogens is 416 g/mol. The second-order valence-corrected chi connectivity index (χ2v) is 6.37. The van der Waals surface area contributed by atoms with Gasteiger partial charge in [-0.1, -0.05) is 18.2 Å². The number of anilines is 1. The van der Waals surface area contributed by atoms with E-state index in [-0.39, 0.29) is 19.8 Å². The molecule has 0 aliphatic rings. The molecule has 9 heteroatoms. The molecule has 0 aliphatic heterocycles. The van der Waals surface area contributed by atoms with E-state index < -0.39 is 24.3 Å². The van der Waals surface area contributed by atoms with Crippen LogP contribution >= 0.6 is 0 Å². The SMILES string of the molecule is CCO[C@@H](/C=C/C(=O)O)[C@@H](OC(=O)Nc1ccc(C#N)cc1)c1ccccc1OCCO. The molecule has 2 rings (SSSR count). The molecule has 0 aliphatic carbocycles. The van der Waals surface area contributed by atoms with Crippen LogP contribution < -0.4 is 10.1 Å². The monoisotopic (exact) mass is 440 g/mol. The minimum Gasteiger partial charge on any atom is -0.491 e. The number of benzene rings is 2. The summed E-state index contributed by atoms with van der Waals surface area (Å²) in [5, 5.41) is 29.6. The molecule has 168 valence electrons. The number of carbonyl (C=O) groups is 2. The zero-order valence-electron chi connectivity index (χ0n) is 17.4. The highest BCUT2D eigenvalue weighted by Crippen LogP contribution is 2.32. The van der Waals surface area contributed by atoms with Crippen molar-refractivity contribution in [2.75, 3.05) is 25.1 Å². The average Bonchev–Trinajstić information content (AvgIpc) is 2.79. The molecule has 0 aromatic heterocycles. The number of nitrogens with one attached hydrogen (secondary N) is 1. The third kappa shape index (κ3) is 7.43. The molecule has 0 unspecified atom stereocenters. The Morgan fingerprint density at radius 2 is 1.91 bits per heavy atom. The maximum Gasteiger partial charge on any atom is 0.412 e. The summed E-state index contributed by atoms with van der Waals surface area (Å²) in [6, 6.07) is 14.9. The number of carboxylic acid groups (broad SMARTS) is 1. The van der Waals surface area contributed by atoms with E-state index >= 15 is 0 Å². The maximum atomic E-state index is 12.6. The zero-order valence-corrected chi connectivity index (χ0v) is 17.4. The van der Waals surface area contributed by atoms with Crippen molar-refractivity contribution in [3.8, 4) is 11.8 Å². The molecule has 9 nitrogen and oxygen atoms in total. The molecule has 0 fully saturated rings. The van der Waals surface area contributed by atoms with Gasteiger partial charge < -0.3 is 24.4 Å². The normalized spacial score (nSPS) is 12.5. The van der Waals surface area contributed by atoms with Gasteiger partial charge in [-0.15, -0.1) is 0 Å². The zero-order chi connectivity index (χ0) is 23.3. The van der Waals surface area contributed by atoms with Gasteiger partial charge in [0.25, 0.3) is 0 Å². The molecule has 2 aromatic rings. The summed E-state index contributed by atoms with van der Waals surface area (Å²) >= 11 is 0. The van der Waals surface area contributed by atoms with Gasteiger partial charge in [0.1, 0.15) is 18.5 Å². The number of para-hydroxylation sites is 1. The Balaban J connectivity index is 2.35. The Bertz CT molecular complexity index is 967. The van der Waals surface area contributed by atoms with Crippen molar-refractivity contribution >= 4 is 17.7 Å².